The van der Waals surface area contributed by atoms with Crippen LogP contribution in [0.4, 0.5) is 5.69 Å². The summed E-state index contributed by atoms with van der Waals surface area (Å²) in [4.78, 5) is 18.9. The molecule has 2 aliphatic heterocycles. The molecular formula is C20H25N3O3. The number of nitrogens with zero attached hydrogens (tertiary/aromatic N) is 2. The molecule has 2 fully saturated rings. The van der Waals surface area contributed by atoms with Gasteiger partial charge in [-0.15, -0.1) is 0 Å². The number of hydrogen-bond acceptors (Lipinski definition) is 5. The molecule has 0 spiro atoms. The monoisotopic (exact) mass is 355 g/mol. The van der Waals surface area contributed by atoms with Gasteiger partial charge < -0.3 is 14.5 Å². The molecule has 0 radical (unpaired) electrons. The van der Waals surface area contributed by atoms with Gasteiger partial charge >= 0.3 is 0 Å². The van der Waals surface area contributed by atoms with Crippen LogP contribution >= 0.6 is 0 Å². The van der Waals surface area contributed by atoms with Crippen molar-refractivity contribution in [3.8, 4) is 0 Å². The van der Waals surface area contributed by atoms with E-state index in [4.69, 9.17) is 9.15 Å². The van der Waals surface area contributed by atoms with Crippen molar-refractivity contribution in [1.82, 2.24) is 9.88 Å². The number of fused-ring (bicyclic) bond motifs is 1. The van der Waals surface area contributed by atoms with Crippen molar-refractivity contribution >= 4 is 11.6 Å². The Morgan fingerprint density at radius 3 is 3.04 bits per heavy atom. The van der Waals surface area contributed by atoms with E-state index in [2.05, 4.69) is 28.2 Å². The van der Waals surface area contributed by atoms with Crippen molar-refractivity contribution in [3.05, 3.63) is 47.7 Å². The molecule has 4 heterocycles. The largest absolute Gasteiger partial charge is 0.465 e. The SMILES string of the molecule is Cc1cc(CN2CC[C@@H]3C[C@H](C(=O)Nc4cccnc4)O[C@H]3C2)oc1C. The third-order valence-electron chi connectivity index (χ3n) is 5.45. The number of aryl methyl sites for hydroxylation is 2. The van der Waals surface area contributed by atoms with E-state index in [0.29, 0.717) is 11.6 Å². The van der Waals surface area contributed by atoms with E-state index in [0.717, 1.165) is 44.0 Å². The number of amides is 1. The average Bonchev–Trinajstić information content (AvgIpc) is 3.19. The molecule has 6 heteroatoms. The van der Waals surface area contributed by atoms with Crippen LogP contribution in [0.2, 0.25) is 0 Å². The van der Waals surface area contributed by atoms with E-state index in [1.54, 1.807) is 18.5 Å². The van der Waals surface area contributed by atoms with Gasteiger partial charge in [-0.3, -0.25) is 14.7 Å². The molecule has 2 saturated heterocycles. The third kappa shape index (κ3) is 3.66. The summed E-state index contributed by atoms with van der Waals surface area (Å²) in [6, 6.07) is 5.75. The van der Waals surface area contributed by atoms with Crippen LogP contribution in [0, 0.1) is 19.8 Å². The molecule has 2 aromatic heterocycles. The predicted octanol–water partition coefficient (Wildman–Crippen LogP) is 2.91. The molecule has 0 bridgehead atoms. The van der Waals surface area contributed by atoms with Crippen molar-refractivity contribution in [3.63, 3.8) is 0 Å². The number of likely N-dealkylation sites (tertiary alicyclic amines) is 1. The number of pyridine rings is 1. The van der Waals surface area contributed by atoms with Gasteiger partial charge in [-0.1, -0.05) is 0 Å². The Kier molecular flexibility index (Phi) is 4.78. The minimum absolute atomic E-state index is 0.0729. The van der Waals surface area contributed by atoms with E-state index >= 15 is 0 Å². The fraction of sp³-hybridized carbons (Fsp3) is 0.500. The first-order chi connectivity index (χ1) is 12.6. The topological polar surface area (TPSA) is 67.6 Å². The maximum atomic E-state index is 12.5. The number of rotatable bonds is 4. The lowest BCUT2D eigenvalue weighted by atomic mass is 9.91. The smallest absolute Gasteiger partial charge is 0.253 e. The quantitative estimate of drug-likeness (QED) is 0.913. The van der Waals surface area contributed by atoms with Gasteiger partial charge in [0, 0.05) is 12.7 Å². The van der Waals surface area contributed by atoms with Crippen LogP contribution in [-0.4, -0.2) is 41.1 Å². The second-order valence-electron chi connectivity index (χ2n) is 7.37. The summed E-state index contributed by atoms with van der Waals surface area (Å²) in [6.07, 6.45) is 4.93. The number of nitrogens with one attached hydrogen (secondary N) is 1. The highest BCUT2D eigenvalue weighted by Gasteiger charge is 2.41. The van der Waals surface area contributed by atoms with Crippen molar-refractivity contribution < 1.29 is 13.9 Å². The number of piperidine rings is 1. The maximum Gasteiger partial charge on any atom is 0.253 e. The lowest BCUT2D eigenvalue weighted by Gasteiger charge is -2.33. The molecule has 6 nitrogen and oxygen atoms in total. The van der Waals surface area contributed by atoms with Crippen LogP contribution in [0.3, 0.4) is 0 Å². The highest BCUT2D eigenvalue weighted by atomic mass is 16.5. The number of aromatic nitrogens is 1. The van der Waals surface area contributed by atoms with E-state index in [1.807, 2.05) is 13.0 Å². The van der Waals surface area contributed by atoms with Crippen molar-refractivity contribution in [2.24, 2.45) is 5.92 Å². The van der Waals surface area contributed by atoms with Crippen molar-refractivity contribution in [2.45, 2.75) is 45.4 Å². The Morgan fingerprint density at radius 2 is 2.31 bits per heavy atom. The summed E-state index contributed by atoms with van der Waals surface area (Å²) in [7, 11) is 0. The number of ether oxygens (including phenoxy) is 1. The summed E-state index contributed by atoms with van der Waals surface area (Å²) in [5.74, 6) is 2.37. The maximum absolute atomic E-state index is 12.5. The fourth-order valence-electron chi connectivity index (χ4n) is 3.91. The zero-order valence-electron chi connectivity index (χ0n) is 15.3. The van der Waals surface area contributed by atoms with Crippen LogP contribution in [0.1, 0.15) is 29.9 Å². The van der Waals surface area contributed by atoms with E-state index in [1.165, 1.54) is 5.56 Å². The number of furan rings is 1. The van der Waals surface area contributed by atoms with Crippen molar-refractivity contribution in [1.29, 1.82) is 0 Å². The second-order valence-corrected chi connectivity index (χ2v) is 7.37. The Hall–Kier alpha value is -2.18. The van der Waals surface area contributed by atoms with Crippen molar-refractivity contribution in [2.75, 3.05) is 18.4 Å². The van der Waals surface area contributed by atoms with Crippen LogP contribution in [0.5, 0.6) is 0 Å². The molecule has 2 aromatic rings. The third-order valence-corrected chi connectivity index (χ3v) is 5.45. The number of hydrogen-bond donors (Lipinski definition) is 1. The molecule has 0 aliphatic carbocycles. The molecule has 0 unspecified atom stereocenters. The first-order valence-electron chi connectivity index (χ1n) is 9.23. The lowest BCUT2D eigenvalue weighted by Crippen LogP contribution is -2.41. The standard InChI is InChI=1S/C20H25N3O3/c1-13-8-17(25-14(13)2)11-23-7-5-15-9-18(26-19(15)12-23)20(24)22-16-4-3-6-21-10-16/h3-4,6,8,10,15,18-19H,5,7,9,11-12H2,1-2H3,(H,22,24)/t15-,18-,19+/m1/s1. The molecular weight excluding hydrogens is 330 g/mol. The molecule has 0 aromatic carbocycles. The molecule has 1 amide bonds. The number of carbonyl (C=O) groups excluding carboxylic acids is 1. The molecule has 3 atom stereocenters. The minimum atomic E-state index is -0.377. The van der Waals surface area contributed by atoms with E-state index < -0.39 is 0 Å². The van der Waals surface area contributed by atoms with Crippen LogP contribution in [0.25, 0.3) is 0 Å². The van der Waals surface area contributed by atoms with E-state index in [-0.39, 0.29) is 18.1 Å². The summed E-state index contributed by atoms with van der Waals surface area (Å²) in [5.41, 5.74) is 1.90. The normalized spacial score (nSPS) is 25.8. The van der Waals surface area contributed by atoms with Crippen LogP contribution in [-0.2, 0) is 16.1 Å². The number of carbonyl (C=O) groups is 1. The Bertz CT molecular complexity index is 754. The molecule has 4 rings (SSSR count). The van der Waals surface area contributed by atoms with Crippen LogP contribution in [0.15, 0.2) is 35.0 Å². The van der Waals surface area contributed by atoms with E-state index in [9.17, 15) is 4.79 Å². The zero-order valence-corrected chi connectivity index (χ0v) is 15.3. The van der Waals surface area contributed by atoms with Gasteiger partial charge in [0.1, 0.15) is 17.6 Å². The average molecular weight is 355 g/mol. The summed E-state index contributed by atoms with van der Waals surface area (Å²) in [6.45, 7) is 6.73. The summed E-state index contributed by atoms with van der Waals surface area (Å²) < 4.78 is 11.9. The highest BCUT2D eigenvalue weighted by Crippen LogP contribution is 2.34. The predicted molar refractivity (Wildman–Crippen MR) is 97.7 cm³/mol. The summed E-state index contributed by atoms with van der Waals surface area (Å²) >= 11 is 0. The first kappa shape index (κ1) is 17.2. The zero-order chi connectivity index (χ0) is 18.1. The van der Waals surface area contributed by atoms with Gasteiger partial charge in [0.25, 0.3) is 5.91 Å². The molecule has 138 valence electrons. The Balaban J connectivity index is 1.33. The van der Waals surface area contributed by atoms with Gasteiger partial charge in [0.15, 0.2) is 0 Å². The molecule has 1 N–H and O–H groups in total. The molecule has 0 saturated carbocycles. The van der Waals surface area contributed by atoms with Crippen LogP contribution < -0.4 is 5.32 Å². The fourth-order valence-corrected chi connectivity index (χ4v) is 3.91. The lowest BCUT2D eigenvalue weighted by molar-refractivity contribution is -0.127. The van der Waals surface area contributed by atoms with Gasteiger partial charge in [-0.2, -0.15) is 0 Å². The summed E-state index contributed by atoms with van der Waals surface area (Å²) in [5, 5.41) is 2.90. The van der Waals surface area contributed by atoms with Gasteiger partial charge in [-0.25, -0.2) is 0 Å². The van der Waals surface area contributed by atoms with Gasteiger partial charge in [0.2, 0.25) is 0 Å². The first-order valence-corrected chi connectivity index (χ1v) is 9.23. The second kappa shape index (κ2) is 7.21. The molecule has 26 heavy (non-hydrogen) atoms. The Labute approximate surface area is 153 Å². The highest BCUT2D eigenvalue weighted by molar-refractivity contribution is 5.94. The molecule has 2 aliphatic rings. The minimum Gasteiger partial charge on any atom is -0.465 e. The van der Waals surface area contributed by atoms with Gasteiger partial charge in [0.05, 0.1) is 24.5 Å². The number of anilines is 1. The van der Waals surface area contributed by atoms with Gasteiger partial charge in [-0.05, 0) is 62.9 Å². The Morgan fingerprint density at radius 1 is 1.42 bits per heavy atom.